The van der Waals surface area contributed by atoms with Crippen LogP contribution in [0.2, 0.25) is 0 Å². The molecule has 2 N–H and O–H groups in total. The second-order valence-corrected chi connectivity index (χ2v) is 5.40. The van der Waals surface area contributed by atoms with Gasteiger partial charge in [-0.25, -0.2) is 0 Å². The zero-order chi connectivity index (χ0) is 12.9. The van der Waals surface area contributed by atoms with Crippen molar-refractivity contribution in [3.63, 3.8) is 0 Å². The van der Waals surface area contributed by atoms with Crippen LogP contribution in [-0.2, 0) is 9.59 Å². The molecular formula is C13H23NO3. The molecule has 4 nitrogen and oxygen atoms in total. The van der Waals surface area contributed by atoms with Crippen LogP contribution in [0.15, 0.2) is 0 Å². The van der Waals surface area contributed by atoms with Crippen LogP contribution in [-0.4, -0.2) is 23.0 Å². The van der Waals surface area contributed by atoms with Crippen molar-refractivity contribution < 1.29 is 14.7 Å². The standard InChI is InChI=1S/C13H23NO3/c1-10(2)14-11(15)9-13(12(16)17)7-5-3-4-6-8-13/h10H,3-9H2,1-2H3,(H,14,15)(H,16,17). The normalized spacial score (nSPS) is 19.7. The van der Waals surface area contributed by atoms with Crippen LogP contribution in [0.25, 0.3) is 0 Å². The third kappa shape index (κ3) is 4.02. The monoisotopic (exact) mass is 241 g/mol. The van der Waals surface area contributed by atoms with Gasteiger partial charge in [-0.15, -0.1) is 0 Å². The maximum absolute atomic E-state index is 11.8. The highest BCUT2D eigenvalue weighted by Crippen LogP contribution is 2.38. The number of rotatable bonds is 4. The molecule has 1 saturated carbocycles. The number of carboxylic acid groups (broad SMARTS) is 1. The molecule has 0 saturated heterocycles. The van der Waals surface area contributed by atoms with Gasteiger partial charge in [0, 0.05) is 12.5 Å². The van der Waals surface area contributed by atoms with Crippen LogP contribution in [0.1, 0.15) is 58.8 Å². The van der Waals surface area contributed by atoms with E-state index in [2.05, 4.69) is 5.32 Å². The lowest BCUT2D eigenvalue weighted by molar-refractivity contribution is -0.153. The lowest BCUT2D eigenvalue weighted by Crippen LogP contribution is -2.39. The van der Waals surface area contributed by atoms with E-state index in [1.165, 1.54) is 0 Å². The summed E-state index contributed by atoms with van der Waals surface area (Å²) >= 11 is 0. The van der Waals surface area contributed by atoms with E-state index >= 15 is 0 Å². The van der Waals surface area contributed by atoms with Gasteiger partial charge in [0.25, 0.3) is 0 Å². The first kappa shape index (κ1) is 14.0. The van der Waals surface area contributed by atoms with Gasteiger partial charge >= 0.3 is 5.97 Å². The van der Waals surface area contributed by atoms with Crippen molar-refractivity contribution in [2.75, 3.05) is 0 Å². The number of carbonyl (C=O) groups is 2. The van der Waals surface area contributed by atoms with Gasteiger partial charge in [0.2, 0.25) is 5.91 Å². The Morgan fingerprint density at radius 2 is 1.71 bits per heavy atom. The van der Waals surface area contributed by atoms with E-state index in [9.17, 15) is 14.7 Å². The summed E-state index contributed by atoms with van der Waals surface area (Å²) in [5.74, 6) is -0.942. The Bertz CT molecular complexity index is 278. The number of hydrogen-bond donors (Lipinski definition) is 2. The highest BCUT2D eigenvalue weighted by molar-refractivity contribution is 5.85. The SMILES string of the molecule is CC(C)NC(=O)CC1(C(=O)O)CCCCCC1. The Balaban J connectivity index is 2.70. The van der Waals surface area contributed by atoms with Crippen molar-refractivity contribution in [3.05, 3.63) is 0 Å². The largest absolute Gasteiger partial charge is 0.481 e. The average molecular weight is 241 g/mol. The van der Waals surface area contributed by atoms with Crippen LogP contribution in [0, 0.1) is 5.41 Å². The molecule has 0 aromatic carbocycles. The predicted octanol–water partition coefficient (Wildman–Crippen LogP) is 2.33. The summed E-state index contributed by atoms with van der Waals surface area (Å²) in [6.45, 7) is 3.77. The molecule has 0 aromatic rings. The van der Waals surface area contributed by atoms with Gasteiger partial charge in [-0.3, -0.25) is 9.59 Å². The maximum Gasteiger partial charge on any atom is 0.310 e. The predicted molar refractivity (Wildman–Crippen MR) is 65.7 cm³/mol. The maximum atomic E-state index is 11.8. The van der Waals surface area contributed by atoms with E-state index in [0.29, 0.717) is 12.8 Å². The van der Waals surface area contributed by atoms with Crippen LogP contribution in [0.4, 0.5) is 0 Å². The Hall–Kier alpha value is -1.06. The van der Waals surface area contributed by atoms with E-state index in [1.54, 1.807) is 0 Å². The summed E-state index contributed by atoms with van der Waals surface area (Å²) in [7, 11) is 0. The Morgan fingerprint density at radius 1 is 1.18 bits per heavy atom. The minimum absolute atomic E-state index is 0.0686. The molecular weight excluding hydrogens is 218 g/mol. The topological polar surface area (TPSA) is 66.4 Å². The molecule has 98 valence electrons. The third-order valence-electron chi connectivity index (χ3n) is 3.46. The van der Waals surface area contributed by atoms with Crippen molar-refractivity contribution in [1.29, 1.82) is 0 Å². The van der Waals surface area contributed by atoms with Crippen LogP contribution >= 0.6 is 0 Å². The fourth-order valence-electron chi connectivity index (χ4n) is 2.55. The fraction of sp³-hybridized carbons (Fsp3) is 0.846. The lowest BCUT2D eigenvalue weighted by Gasteiger charge is -2.27. The summed E-state index contributed by atoms with van der Waals surface area (Å²) < 4.78 is 0. The highest BCUT2D eigenvalue weighted by atomic mass is 16.4. The number of hydrogen-bond acceptors (Lipinski definition) is 2. The summed E-state index contributed by atoms with van der Waals surface area (Å²) in [6, 6.07) is 0.0686. The van der Waals surface area contributed by atoms with Gasteiger partial charge in [0.1, 0.15) is 0 Å². The van der Waals surface area contributed by atoms with Gasteiger partial charge in [-0.2, -0.15) is 0 Å². The van der Waals surface area contributed by atoms with Gasteiger partial charge in [0.15, 0.2) is 0 Å². The van der Waals surface area contributed by atoms with Gasteiger partial charge < -0.3 is 10.4 Å². The van der Waals surface area contributed by atoms with Gasteiger partial charge in [-0.05, 0) is 26.7 Å². The molecule has 0 spiro atoms. The van der Waals surface area contributed by atoms with Crippen molar-refractivity contribution in [2.24, 2.45) is 5.41 Å². The summed E-state index contributed by atoms with van der Waals surface area (Å²) in [5, 5.41) is 12.2. The molecule has 0 heterocycles. The molecule has 0 bridgehead atoms. The second-order valence-electron chi connectivity index (χ2n) is 5.40. The first-order valence-electron chi connectivity index (χ1n) is 6.49. The quantitative estimate of drug-likeness (QED) is 0.742. The van der Waals surface area contributed by atoms with Crippen LogP contribution in [0.5, 0.6) is 0 Å². The van der Waals surface area contributed by atoms with E-state index < -0.39 is 11.4 Å². The highest BCUT2D eigenvalue weighted by Gasteiger charge is 2.40. The Labute approximate surface area is 103 Å². The molecule has 1 amide bonds. The first-order chi connectivity index (χ1) is 7.96. The van der Waals surface area contributed by atoms with E-state index in [1.807, 2.05) is 13.8 Å². The molecule has 1 aliphatic rings. The fourth-order valence-corrected chi connectivity index (χ4v) is 2.55. The molecule has 0 aliphatic heterocycles. The molecule has 0 unspecified atom stereocenters. The van der Waals surface area contributed by atoms with Crippen LogP contribution < -0.4 is 5.32 Å². The number of amides is 1. The summed E-state index contributed by atoms with van der Waals surface area (Å²) in [6.07, 6.45) is 5.40. The van der Waals surface area contributed by atoms with E-state index in [-0.39, 0.29) is 18.4 Å². The summed E-state index contributed by atoms with van der Waals surface area (Å²) in [4.78, 5) is 23.2. The lowest BCUT2D eigenvalue weighted by atomic mass is 9.77. The molecule has 0 radical (unpaired) electrons. The number of carboxylic acids is 1. The molecule has 4 heteroatoms. The molecule has 1 aliphatic carbocycles. The van der Waals surface area contributed by atoms with Crippen molar-refractivity contribution in [3.8, 4) is 0 Å². The number of nitrogens with one attached hydrogen (secondary N) is 1. The molecule has 17 heavy (non-hydrogen) atoms. The van der Waals surface area contributed by atoms with Crippen molar-refractivity contribution in [2.45, 2.75) is 64.8 Å². The average Bonchev–Trinajstić information content (AvgIpc) is 2.42. The molecule has 1 fully saturated rings. The van der Waals surface area contributed by atoms with Crippen molar-refractivity contribution in [1.82, 2.24) is 5.32 Å². The van der Waals surface area contributed by atoms with Crippen molar-refractivity contribution >= 4 is 11.9 Å². The van der Waals surface area contributed by atoms with E-state index in [4.69, 9.17) is 0 Å². The number of carbonyl (C=O) groups excluding carboxylic acids is 1. The Morgan fingerprint density at radius 3 is 2.12 bits per heavy atom. The smallest absolute Gasteiger partial charge is 0.310 e. The minimum Gasteiger partial charge on any atom is -0.481 e. The summed E-state index contributed by atoms with van der Waals surface area (Å²) in [5.41, 5.74) is -0.824. The minimum atomic E-state index is -0.824. The first-order valence-corrected chi connectivity index (χ1v) is 6.49. The second kappa shape index (κ2) is 6.03. The molecule has 0 atom stereocenters. The molecule has 0 aromatic heterocycles. The van der Waals surface area contributed by atoms with E-state index in [0.717, 1.165) is 25.7 Å². The Kier molecular flexibility index (Phi) is 4.97. The zero-order valence-electron chi connectivity index (χ0n) is 10.8. The molecule has 1 rings (SSSR count). The third-order valence-corrected chi connectivity index (χ3v) is 3.46. The van der Waals surface area contributed by atoms with Gasteiger partial charge in [-0.1, -0.05) is 25.7 Å². The number of aliphatic carboxylic acids is 1. The zero-order valence-corrected chi connectivity index (χ0v) is 10.8. The van der Waals surface area contributed by atoms with Crippen LogP contribution in [0.3, 0.4) is 0 Å². The van der Waals surface area contributed by atoms with Gasteiger partial charge in [0.05, 0.1) is 5.41 Å².